The largest absolute Gasteiger partial charge is 0.487 e. The van der Waals surface area contributed by atoms with E-state index in [2.05, 4.69) is 6.92 Å². The van der Waals surface area contributed by atoms with E-state index in [0.29, 0.717) is 0 Å². The molecule has 0 N–H and O–H groups in total. The highest BCUT2D eigenvalue weighted by molar-refractivity contribution is 5.21. The van der Waals surface area contributed by atoms with E-state index in [1.165, 1.54) is 44.9 Å². The van der Waals surface area contributed by atoms with Gasteiger partial charge in [-0.2, -0.15) is 0 Å². The second-order valence-electron chi connectivity index (χ2n) is 4.51. The lowest BCUT2D eigenvalue weighted by Gasteiger charge is -2.04. The van der Waals surface area contributed by atoms with E-state index < -0.39 is 0 Å². The number of para-hydroxylation sites is 1. The van der Waals surface area contributed by atoms with Crippen molar-refractivity contribution in [3.05, 3.63) is 36.9 Å². The molecule has 1 nitrogen and oxygen atoms in total. The lowest BCUT2D eigenvalue weighted by Crippen LogP contribution is -1.90. The number of hydrogen-bond acceptors (Lipinski definition) is 1. The summed E-state index contributed by atoms with van der Waals surface area (Å²) in [5.74, 6) is 0.940. The molecule has 17 heavy (non-hydrogen) atoms. The summed E-state index contributed by atoms with van der Waals surface area (Å²) in [7, 11) is 0. The Morgan fingerprint density at radius 3 is 2.24 bits per heavy atom. The fraction of sp³-hybridized carbons (Fsp3) is 0.562. The van der Waals surface area contributed by atoms with Crippen LogP contribution in [0.5, 0.6) is 5.75 Å². The van der Waals surface area contributed by atoms with E-state index in [-0.39, 0.29) is 0 Å². The Hall–Kier alpha value is -0.980. The third-order valence-electron chi connectivity index (χ3n) is 2.89. The van der Waals surface area contributed by atoms with Crippen LogP contribution >= 0.6 is 0 Å². The van der Waals surface area contributed by atoms with Gasteiger partial charge in [-0.1, -0.05) is 63.6 Å². The summed E-state index contributed by atoms with van der Waals surface area (Å²) in [4.78, 5) is 0. The molecule has 1 radical (unpaired) electrons. The van der Waals surface area contributed by atoms with Gasteiger partial charge in [0, 0.05) is 0 Å². The number of hydrogen-bond donors (Lipinski definition) is 0. The van der Waals surface area contributed by atoms with Gasteiger partial charge in [0.25, 0.3) is 0 Å². The van der Waals surface area contributed by atoms with E-state index in [0.717, 1.165) is 12.2 Å². The minimum Gasteiger partial charge on any atom is -0.487 e. The molecule has 0 unspecified atom stereocenters. The summed E-state index contributed by atoms with van der Waals surface area (Å²) < 4.78 is 5.53. The Morgan fingerprint density at radius 2 is 1.53 bits per heavy atom. The fourth-order valence-electron chi connectivity index (χ4n) is 1.84. The summed E-state index contributed by atoms with van der Waals surface area (Å²) in [6, 6.07) is 9.97. The molecule has 0 spiro atoms. The van der Waals surface area contributed by atoms with Crippen molar-refractivity contribution in [1.29, 1.82) is 0 Å². The van der Waals surface area contributed by atoms with Crippen LogP contribution in [-0.2, 0) is 0 Å². The first-order valence-corrected chi connectivity index (χ1v) is 6.97. The van der Waals surface area contributed by atoms with Crippen molar-refractivity contribution in [2.75, 3.05) is 0 Å². The Kier molecular flexibility index (Phi) is 8.44. The predicted molar refractivity (Wildman–Crippen MR) is 74.0 cm³/mol. The van der Waals surface area contributed by atoms with Crippen LogP contribution in [0.4, 0.5) is 0 Å². The number of ether oxygens (including phenoxy) is 1. The second kappa shape index (κ2) is 10.2. The smallest absolute Gasteiger partial charge is 0.135 e. The van der Waals surface area contributed by atoms with E-state index in [1.807, 2.05) is 36.9 Å². The minimum atomic E-state index is 0.940. The molecule has 0 atom stereocenters. The third kappa shape index (κ3) is 7.84. The number of rotatable bonds is 10. The van der Waals surface area contributed by atoms with Gasteiger partial charge in [-0.25, -0.2) is 0 Å². The van der Waals surface area contributed by atoms with Gasteiger partial charge in [0.15, 0.2) is 0 Å². The maximum atomic E-state index is 5.53. The summed E-state index contributed by atoms with van der Waals surface area (Å²) in [6.45, 7) is 4.19. The highest BCUT2D eigenvalue weighted by Gasteiger charge is 1.94. The monoisotopic (exact) mass is 233 g/mol. The summed E-state index contributed by atoms with van der Waals surface area (Å²) in [6.07, 6.45) is 10.5. The molecule has 0 aliphatic rings. The molecule has 95 valence electrons. The van der Waals surface area contributed by atoms with Crippen molar-refractivity contribution in [3.8, 4) is 5.75 Å². The molecule has 0 saturated heterocycles. The lowest BCUT2D eigenvalue weighted by atomic mass is 10.1. The van der Waals surface area contributed by atoms with Crippen LogP contribution in [0.2, 0.25) is 0 Å². The fourth-order valence-corrected chi connectivity index (χ4v) is 1.84. The average molecular weight is 233 g/mol. The Morgan fingerprint density at radius 1 is 0.882 bits per heavy atom. The standard InChI is InChI=1S/C16H25O/c1-2-3-4-5-6-7-8-12-15-17-16-13-10-9-11-14-16/h9-11,13-15H,2-8,12H2,1H3. The second-order valence-corrected chi connectivity index (χ2v) is 4.51. The van der Waals surface area contributed by atoms with Crippen LogP contribution in [0.3, 0.4) is 0 Å². The van der Waals surface area contributed by atoms with E-state index in [1.54, 1.807) is 0 Å². The molecule has 0 fully saturated rings. The normalized spacial score (nSPS) is 10.4. The Labute approximate surface area is 106 Å². The first-order valence-electron chi connectivity index (χ1n) is 6.97. The van der Waals surface area contributed by atoms with Gasteiger partial charge >= 0.3 is 0 Å². The maximum absolute atomic E-state index is 5.53. The maximum Gasteiger partial charge on any atom is 0.135 e. The predicted octanol–water partition coefficient (Wildman–Crippen LogP) is 5.37. The first kappa shape index (κ1) is 14.1. The SMILES string of the molecule is CCCCCCCCC[CH]Oc1ccccc1. The van der Waals surface area contributed by atoms with Crippen LogP contribution in [-0.4, -0.2) is 0 Å². The van der Waals surface area contributed by atoms with E-state index in [9.17, 15) is 0 Å². The molecule has 0 bridgehead atoms. The zero-order chi connectivity index (χ0) is 12.2. The van der Waals surface area contributed by atoms with E-state index >= 15 is 0 Å². The average Bonchev–Trinajstić information content (AvgIpc) is 2.38. The summed E-state index contributed by atoms with van der Waals surface area (Å²) >= 11 is 0. The van der Waals surface area contributed by atoms with Crippen LogP contribution < -0.4 is 4.74 Å². The molecule has 0 heterocycles. The number of unbranched alkanes of at least 4 members (excludes halogenated alkanes) is 7. The molecule has 1 heteroatoms. The highest BCUT2D eigenvalue weighted by atomic mass is 16.5. The molecule has 0 aliphatic carbocycles. The molecule has 1 aromatic rings. The van der Waals surface area contributed by atoms with Gasteiger partial charge in [-0.05, 0) is 25.0 Å². The van der Waals surface area contributed by atoms with Gasteiger partial charge in [0.2, 0.25) is 0 Å². The topological polar surface area (TPSA) is 9.23 Å². The van der Waals surface area contributed by atoms with Crippen LogP contribution in [0, 0.1) is 6.61 Å². The molecule has 0 saturated carbocycles. The van der Waals surface area contributed by atoms with Gasteiger partial charge in [0.1, 0.15) is 12.4 Å². The molecule has 0 aliphatic heterocycles. The van der Waals surface area contributed by atoms with Crippen LogP contribution in [0.25, 0.3) is 0 Å². The van der Waals surface area contributed by atoms with Gasteiger partial charge in [0.05, 0.1) is 0 Å². The van der Waals surface area contributed by atoms with Crippen molar-refractivity contribution >= 4 is 0 Å². The van der Waals surface area contributed by atoms with Crippen molar-refractivity contribution in [3.63, 3.8) is 0 Å². The highest BCUT2D eigenvalue weighted by Crippen LogP contribution is 2.13. The molecule has 1 rings (SSSR count). The van der Waals surface area contributed by atoms with Crippen LogP contribution in [0.15, 0.2) is 30.3 Å². The lowest BCUT2D eigenvalue weighted by molar-refractivity contribution is 0.383. The molecule has 0 aromatic heterocycles. The van der Waals surface area contributed by atoms with Crippen molar-refractivity contribution in [2.24, 2.45) is 0 Å². The van der Waals surface area contributed by atoms with Crippen molar-refractivity contribution < 1.29 is 4.74 Å². The summed E-state index contributed by atoms with van der Waals surface area (Å²) in [5.41, 5.74) is 0. The Bertz CT molecular complexity index is 255. The summed E-state index contributed by atoms with van der Waals surface area (Å²) in [5, 5.41) is 0. The first-order chi connectivity index (χ1) is 8.43. The zero-order valence-corrected chi connectivity index (χ0v) is 11.0. The van der Waals surface area contributed by atoms with Gasteiger partial charge in [-0.15, -0.1) is 0 Å². The minimum absolute atomic E-state index is 0.940. The molecule has 0 amide bonds. The third-order valence-corrected chi connectivity index (χ3v) is 2.89. The quantitative estimate of drug-likeness (QED) is 0.494. The van der Waals surface area contributed by atoms with Crippen molar-refractivity contribution in [1.82, 2.24) is 0 Å². The molecule has 1 aromatic carbocycles. The van der Waals surface area contributed by atoms with Crippen molar-refractivity contribution in [2.45, 2.75) is 58.3 Å². The zero-order valence-electron chi connectivity index (χ0n) is 11.0. The Balaban J connectivity index is 1.85. The number of benzene rings is 1. The molecular weight excluding hydrogens is 208 g/mol. The van der Waals surface area contributed by atoms with Gasteiger partial charge < -0.3 is 4.74 Å². The molecular formula is C16H25O. The van der Waals surface area contributed by atoms with E-state index in [4.69, 9.17) is 4.74 Å². The van der Waals surface area contributed by atoms with Crippen LogP contribution in [0.1, 0.15) is 58.3 Å². The van der Waals surface area contributed by atoms with Gasteiger partial charge in [-0.3, -0.25) is 0 Å².